The van der Waals surface area contributed by atoms with E-state index >= 15 is 0 Å². The second kappa shape index (κ2) is 12.2. The van der Waals surface area contributed by atoms with Crippen LogP contribution in [-0.4, -0.2) is 115 Å². The van der Waals surface area contributed by atoms with Crippen LogP contribution in [0.3, 0.4) is 0 Å². The smallest absolute Gasteiger partial charge is 0.187 e. The third kappa shape index (κ3) is 5.49. The zero-order chi connectivity index (χ0) is 24.9. The Bertz CT molecular complexity index is 777. The lowest BCUT2D eigenvalue weighted by Crippen LogP contribution is -2.64. The van der Waals surface area contributed by atoms with E-state index in [0.717, 1.165) is 11.3 Å². The molecular weight excluding hydrogens is 464 g/mol. The Morgan fingerprint density at radius 1 is 0.800 bits per heavy atom. The van der Waals surface area contributed by atoms with Crippen molar-refractivity contribution in [1.29, 1.82) is 0 Å². The van der Waals surface area contributed by atoms with Crippen molar-refractivity contribution < 1.29 is 52.5 Å². The van der Waals surface area contributed by atoms with Gasteiger partial charge in [0.2, 0.25) is 0 Å². The second-order valence-electron chi connectivity index (χ2n) is 8.63. The van der Waals surface area contributed by atoms with E-state index in [1.807, 2.05) is 24.3 Å². The molecule has 0 amide bonds. The molecule has 0 aromatic heterocycles. The summed E-state index contributed by atoms with van der Waals surface area (Å²) in [6.45, 7) is 0.326. The molecule has 3 aliphatic rings. The molecule has 0 spiro atoms. The van der Waals surface area contributed by atoms with Crippen molar-refractivity contribution in [3.05, 3.63) is 29.8 Å². The average Bonchev–Trinajstić information content (AvgIpc) is 3.33. The molecule has 3 saturated heterocycles. The standard InChI is InChI=1S/C24H36O11/c1-26-14-8-6-13(7-9-14)11-31-17-15(10-25)33-24(22(30-5)19(17)27-2)35-18-16-12-32-23(34-16)21(29-4)20(18)28-3/h6-9,15-25H,10-12H2,1-5H3/t15-,16-,17-,18-,19+,20+,21-,22-,23-,24-/m1/s1. The predicted octanol–water partition coefficient (Wildman–Crippen LogP) is 0.498. The summed E-state index contributed by atoms with van der Waals surface area (Å²) in [5.74, 6) is 0.757. The van der Waals surface area contributed by atoms with E-state index < -0.39 is 55.3 Å². The summed E-state index contributed by atoms with van der Waals surface area (Å²) in [5, 5.41) is 10.1. The van der Waals surface area contributed by atoms with Gasteiger partial charge < -0.3 is 52.5 Å². The second-order valence-corrected chi connectivity index (χ2v) is 8.63. The molecule has 1 N–H and O–H groups in total. The van der Waals surface area contributed by atoms with E-state index in [0.29, 0.717) is 6.61 Å². The number of rotatable bonds is 11. The van der Waals surface area contributed by atoms with Gasteiger partial charge in [0.25, 0.3) is 0 Å². The molecule has 11 heteroatoms. The van der Waals surface area contributed by atoms with E-state index in [2.05, 4.69) is 0 Å². The molecule has 35 heavy (non-hydrogen) atoms. The molecule has 0 unspecified atom stereocenters. The van der Waals surface area contributed by atoms with Gasteiger partial charge in [-0.05, 0) is 17.7 Å². The van der Waals surface area contributed by atoms with E-state index in [9.17, 15) is 5.11 Å². The average molecular weight is 501 g/mol. The molecule has 198 valence electrons. The van der Waals surface area contributed by atoms with Gasteiger partial charge in [-0.3, -0.25) is 0 Å². The van der Waals surface area contributed by atoms with Crippen molar-refractivity contribution >= 4 is 0 Å². The Morgan fingerprint density at radius 3 is 2.06 bits per heavy atom. The summed E-state index contributed by atoms with van der Waals surface area (Å²) in [4.78, 5) is 0. The lowest BCUT2D eigenvalue weighted by molar-refractivity contribution is -0.349. The number of ether oxygens (including phenoxy) is 10. The van der Waals surface area contributed by atoms with Crippen molar-refractivity contribution in [2.45, 2.75) is 68.0 Å². The van der Waals surface area contributed by atoms with Crippen LogP contribution in [0, 0.1) is 0 Å². The van der Waals surface area contributed by atoms with Crippen LogP contribution in [0.15, 0.2) is 24.3 Å². The Kier molecular flexibility index (Phi) is 9.33. The van der Waals surface area contributed by atoms with Crippen LogP contribution in [0.1, 0.15) is 5.56 Å². The maximum Gasteiger partial charge on any atom is 0.187 e. The van der Waals surface area contributed by atoms with E-state index in [4.69, 9.17) is 47.4 Å². The first kappa shape index (κ1) is 26.7. The van der Waals surface area contributed by atoms with Crippen molar-refractivity contribution in [2.75, 3.05) is 48.8 Å². The lowest BCUT2D eigenvalue weighted by atomic mass is 9.97. The van der Waals surface area contributed by atoms with Crippen LogP contribution in [0.4, 0.5) is 0 Å². The quantitative estimate of drug-likeness (QED) is 0.458. The molecule has 0 saturated carbocycles. The molecule has 1 aromatic carbocycles. The van der Waals surface area contributed by atoms with Crippen molar-refractivity contribution in [3.8, 4) is 5.75 Å². The minimum atomic E-state index is -0.885. The first-order valence-corrected chi connectivity index (χ1v) is 11.6. The van der Waals surface area contributed by atoms with Crippen LogP contribution >= 0.6 is 0 Å². The van der Waals surface area contributed by atoms with Crippen LogP contribution in [0.2, 0.25) is 0 Å². The summed E-state index contributed by atoms with van der Waals surface area (Å²) in [7, 11) is 7.89. The van der Waals surface area contributed by atoms with Gasteiger partial charge in [-0.1, -0.05) is 12.1 Å². The van der Waals surface area contributed by atoms with Crippen LogP contribution in [0.5, 0.6) is 5.75 Å². The Hall–Kier alpha value is -1.38. The number of aliphatic hydroxyl groups excluding tert-OH is 1. The highest BCUT2D eigenvalue weighted by molar-refractivity contribution is 5.26. The normalized spacial score (nSPS) is 39.0. The molecule has 2 bridgehead atoms. The molecule has 11 nitrogen and oxygen atoms in total. The molecule has 4 rings (SSSR count). The largest absolute Gasteiger partial charge is 0.497 e. The molecule has 3 aliphatic heterocycles. The minimum Gasteiger partial charge on any atom is -0.497 e. The van der Waals surface area contributed by atoms with E-state index in [1.165, 1.54) is 0 Å². The fourth-order valence-corrected chi connectivity index (χ4v) is 4.94. The molecule has 10 atom stereocenters. The van der Waals surface area contributed by atoms with Gasteiger partial charge in [0.15, 0.2) is 12.6 Å². The highest BCUT2D eigenvalue weighted by atomic mass is 16.8. The van der Waals surface area contributed by atoms with Crippen molar-refractivity contribution in [2.24, 2.45) is 0 Å². The summed E-state index contributed by atoms with van der Waals surface area (Å²) >= 11 is 0. The monoisotopic (exact) mass is 500 g/mol. The maximum atomic E-state index is 10.1. The third-order valence-electron chi connectivity index (χ3n) is 6.77. The number of fused-ring (bicyclic) bond motifs is 2. The van der Waals surface area contributed by atoms with Crippen LogP contribution < -0.4 is 4.74 Å². The zero-order valence-corrected chi connectivity index (χ0v) is 20.7. The third-order valence-corrected chi connectivity index (χ3v) is 6.77. The van der Waals surface area contributed by atoms with E-state index in [-0.39, 0.29) is 19.3 Å². The molecule has 3 heterocycles. The number of hydrogen-bond donors (Lipinski definition) is 1. The fourth-order valence-electron chi connectivity index (χ4n) is 4.94. The SMILES string of the molecule is COc1ccc(CO[C@H]2[C@H](OC)[C@@H](OC)[C@@H](O[C@H]3[C@H](OC)[C@@H](OC)[C@@H]4OC[C@H]3O4)O[C@@H]2CO)cc1. The van der Waals surface area contributed by atoms with Crippen LogP contribution in [-0.2, 0) is 49.2 Å². The number of benzene rings is 1. The van der Waals surface area contributed by atoms with Gasteiger partial charge in [-0.25, -0.2) is 0 Å². The van der Waals surface area contributed by atoms with Crippen molar-refractivity contribution in [3.63, 3.8) is 0 Å². The molecular formula is C24H36O11. The molecule has 3 fully saturated rings. The van der Waals surface area contributed by atoms with Gasteiger partial charge >= 0.3 is 0 Å². The molecule has 1 aromatic rings. The van der Waals surface area contributed by atoms with Crippen LogP contribution in [0.25, 0.3) is 0 Å². The summed E-state index contributed by atoms with van der Waals surface area (Å²) in [6, 6.07) is 7.54. The fraction of sp³-hybridized carbons (Fsp3) is 0.750. The van der Waals surface area contributed by atoms with Gasteiger partial charge in [0, 0.05) is 28.4 Å². The van der Waals surface area contributed by atoms with Gasteiger partial charge in [0.1, 0.15) is 54.6 Å². The number of hydrogen-bond acceptors (Lipinski definition) is 11. The van der Waals surface area contributed by atoms with Crippen molar-refractivity contribution in [1.82, 2.24) is 0 Å². The Labute approximate surface area is 205 Å². The zero-order valence-electron chi connectivity index (χ0n) is 20.7. The maximum absolute atomic E-state index is 10.1. The topological polar surface area (TPSA) is 113 Å². The molecule has 0 radical (unpaired) electrons. The minimum absolute atomic E-state index is 0.287. The summed E-state index contributed by atoms with van der Waals surface area (Å²) < 4.78 is 58.4. The van der Waals surface area contributed by atoms with Gasteiger partial charge in [0.05, 0.1) is 26.9 Å². The Balaban J connectivity index is 1.49. The highest BCUT2D eigenvalue weighted by Crippen LogP contribution is 2.36. The van der Waals surface area contributed by atoms with E-state index in [1.54, 1.807) is 35.5 Å². The summed E-state index contributed by atoms with van der Waals surface area (Å²) in [5.41, 5.74) is 0.938. The predicted molar refractivity (Wildman–Crippen MR) is 120 cm³/mol. The Morgan fingerprint density at radius 2 is 1.46 bits per heavy atom. The molecule has 0 aliphatic carbocycles. The van der Waals surface area contributed by atoms with Gasteiger partial charge in [-0.2, -0.15) is 0 Å². The summed E-state index contributed by atoms with van der Waals surface area (Å²) in [6.07, 6.45) is -5.81. The number of aliphatic hydroxyl groups is 1. The first-order chi connectivity index (χ1) is 17.1. The lowest BCUT2D eigenvalue weighted by Gasteiger charge is -2.47. The highest BCUT2D eigenvalue weighted by Gasteiger charge is 2.55. The van der Waals surface area contributed by atoms with Gasteiger partial charge in [-0.15, -0.1) is 0 Å². The number of methoxy groups -OCH3 is 5. The first-order valence-electron chi connectivity index (χ1n) is 11.6.